The van der Waals surface area contributed by atoms with E-state index in [2.05, 4.69) is 192 Å². The van der Waals surface area contributed by atoms with E-state index in [1.807, 2.05) is 24.3 Å². The molecule has 0 amide bonds. The van der Waals surface area contributed by atoms with Crippen LogP contribution in [0.2, 0.25) is 0 Å². The number of hydrogen-bond donors (Lipinski definition) is 0. The number of aromatic nitrogens is 4. The first-order chi connectivity index (χ1) is 30.3. The molecule has 0 atom stereocenters. The third-order valence-corrected chi connectivity index (χ3v) is 13.8. The van der Waals surface area contributed by atoms with E-state index >= 15 is 0 Å². The molecule has 4 aliphatic rings. The molecule has 284 valence electrons. The average molecular weight is 779 g/mol. The Morgan fingerprint density at radius 3 is 0.984 bits per heavy atom. The Hall–Kier alpha value is -8.02. The first kappa shape index (κ1) is 32.9. The van der Waals surface area contributed by atoms with Gasteiger partial charge in [-0.25, -0.2) is 9.36 Å². The van der Waals surface area contributed by atoms with Gasteiger partial charge in [0.25, 0.3) is 0 Å². The highest BCUT2D eigenvalue weighted by Crippen LogP contribution is 2.64. The molecule has 5 nitrogen and oxygen atoms in total. The van der Waals surface area contributed by atoms with Gasteiger partial charge in [0, 0.05) is 34.4 Å². The number of benzene rings is 8. The van der Waals surface area contributed by atoms with Gasteiger partial charge in [0.2, 0.25) is 0 Å². The molecule has 4 aliphatic carbocycles. The van der Waals surface area contributed by atoms with Crippen molar-refractivity contribution in [2.24, 2.45) is 0 Å². The van der Waals surface area contributed by atoms with Gasteiger partial charge in [0.1, 0.15) is 11.5 Å². The van der Waals surface area contributed by atoms with Crippen molar-refractivity contribution in [3.63, 3.8) is 0 Å². The minimum atomic E-state index is -0.441. The van der Waals surface area contributed by atoms with Gasteiger partial charge < -0.3 is 4.74 Å². The summed E-state index contributed by atoms with van der Waals surface area (Å²) < 4.78 is 10.9. The lowest BCUT2D eigenvalue weighted by Gasteiger charge is -2.29. The Bertz CT molecular complexity index is 3170. The van der Waals surface area contributed by atoms with Gasteiger partial charge in [-0.1, -0.05) is 158 Å². The van der Waals surface area contributed by atoms with Gasteiger partial charge in [0.05, 0.1) is 46.0 Å². The quantitative estimate of drug-likeness (QED) is 0.179. The summed E-state index contributed by atoms with van der Waals surface area (Å²) in [6.07, 6.45) is 4.16. The second-order valence-corrected chi connectivity index (χ2v) is 16.5. The molecule has 0 fully saturated rings. The molecule has 8 aromatic carbocycles. The number of fused-ring (bicyclic) bond motifs is 20. The predicted octanol–water partition coefficient (Wildman–Crippen LogP) is 12.5. The Kier molecular flexibility index (Phi) is 6.36. The van der Waals surface area contributed by atoms with Gasteiger partial charge in [-0.15, -0.1) is 0 Å². The van der Waals surface area contributed by atoms with Crippen LogP contribution in [0.4, 0.5) is 0 Å². The lowest BCUT2D eigenvalue weighted by atomic mass is 9.71. The highest BCUT2D eigenvalue weighted by molar-refractivity contribution is 5.96. The molecule has 14 rings (SSSR count). The normalized spacial score (nSPS) is 14.5. The SMILES string of the molecule is c1cc(Oc2cccc(-n3ncc4c3-c3ccccc3C43c4ccccc4-c4ccccc43)c2)cc(-n2ncc3c2-c2ccccc2C32c3ccccc3-c3ccccc32)c1. The molecule has 5 heteroatoms. The molecule has 0 saturated heterocycles. The monoisotopic (exact) mass is 778 g/mol. The summed E-state index contributed by atoms with van der Waals surface area (Å²) in [4.78, 5) is 0. The molecule has 0 N–H and O–H groups in total. The average Bonchev–Trinajstić information content (AvgIpc) is 4.16. The fraction of sp³-hybridized carbons (Fsp3) is 0.0357. The maximum absolute atomic E-state index is 6.72. The Balaban J connectivity index is 0.859. The minimum absolute atomic E-state index is 0.441. The molecule has 2 spiro atoms. The number of ether oxygens (including phenoxy) is 1. The second kappa shape index (κ2) is 11.8. The highest BCUT2D eigenvalue weighted by atomic mass is 16.5. The van der Waals surface area contributed by atoms with E-state index in [-0.39, 0.29) is 0 Å². The Morgan fingerprint density at radius 1 is 0.311 bits per heavy atom. The van der Waals surface area contributed by atoms with Crippen LogP contribution >= 0.6 is 0 Å². The lowest BCUT2D eigenvalue weighted by molar-refractivity contribution is 0.482. The van der Waals surface area contributed by atoms with Crippen LogP contribution in [-0.4, -0.2) is 19.6 Å². The Labute approximate surface area is 352 Å². The van der Waals surface area contributed by atoms with E-state index in [4.69, 9.17) is 14.9 Å². The van der Waals surface area contributed by atoms with Crippen molar-refractivity contribution in [2.45, 2.75) is 10.8 Å². The summed E-state index contributed by atoms with van der Waals surface area (Å²) in [5.74, 6) is 1.45. The molecule has 2 heterocycles. The first-order valence-electron chi connectivity index (χ1n) is 20.9. The van der Waals surface area contributed by atoms with Crippen molar-refractivity contribution in [2.75, 3.05) is 0 Å². The fourth-order valence-electron chi connectivity index (χ4n) is 11.6. The summed E-state index contributed by atoms with van der Waals surface area (Å²) >= 11 is 0. The van der Waals surface area contributed by atoms with Gasteiger partial charge >= 0.3 is 0 Å². The molecular formula is C56H34N4O. The van der Waals surface area contributed by atoms with Crippen LogP contribution < -0.4 is 4.74 Å². The topological polar surface area (TPSA) is 44.9 Å². The van der Waals surface area contributed by atoms with Gasteiger partial charge in [0.15, 0.2) is 0 Å². The lowest BCUT2D eigenvalue weighted by Crippen LogP contribution is -2.25. The van der Waals surface area contributed by atoms with Crippen LogP contribution in [0, 0.1) is 0 Å². The maximum Gasteiger partial charge on any atom is 0.129 e. The minimum Gasteiger partial charge on any atom is -0.457 e. The van der Waals surface area contributed by atoms with E-state index < -0.39 is 10.8 Å². The number of rotatable bonds is 4. The fourth-order valence-corrected chi connectivity index (χ4v) is 11.6. The third kappa shape index (κ3) is 4.01. The van der Waals surface area contributed by atoms with Crippen molar-refractivity contribution in [1.29, 1.82) is 0 Å². The molecule has 61 heavy (non-hydrogen) atoms. The standard InChI is InChI=1S/C56H34N4O/c1-7-25-45-39(19-1)40-20-2-8-26-46(40)55(45)49-29-11-5-23-43(49)53-51(55)33-57-59(53)35-15-13-17-37(31-35)61-38-18-14-16-36(32-38)60-54-44-24-6-12-30-50(44)56(52(54)34-58-60)47-27-9-3-21-41(47)42-22-4-10-28-48(42)56/h1-34H. The molecule has 0 saturated carbocycles. The molecular weight excluding hydrogens is 745 g/mol. The van der Waals surface area contributed by atoms with Crippen LogP contribution in [0.1, 0.15) is 44.5 Å². The van der Waals surface area contributed by atoms with Crippen LogP contribution in [0.25, 0.3) is 56.1 Å². The number of nitrogens with zero attached hydrogens (tertiary/aromatic N) is 4. The Morgan fingerprint density at radius 2 is 0.623 bits per heavy atom. The predicted molar refractivity (Wildman–Crippen MR) is 240 cm³/mol. The number of hydrogen-bond acceptors (Lipinski definition) is 3. The summed E-state index contributed by atoms with van der Waals surface area (Å²) in [5.41, 5.74) is 20.9. The van der Waals surface area contributed by atoms with E-state index in [0.717, 1.165) is 34.3 Å². The van der Waals surface area contributed by atoms with E-state index in [0.29, 0.717) is 0 Å². The maximum atomic E-state index is 6.72. The van der Waals surface area contributed by atoms with Crippen molar-refractivity contribution < 1.29 is 4.74 Å². The van der Waals surface area contributed by atoms with Crippen molar-refractivity contribution in [3.05, 3.63) is 251 Å². The third-order valence-electron chi connectivity index (χ3n) is 13.8. The van der Waals surface area contributed by atoms with E-state index in [9.17, 15) is 0 Å². The first-order valence-corrected chi connectivity index (χ1v) is 20.9. The van der Waals surface area contributed by atoms with Gasteiger partial charge in [-0.05, 0) is 79.9 Å². The van der Waals surface area contributed by atoms with Crippen LogP contribution in [0.5, 0.6) is 11.5 Å². The summed E-state index contributed by atoms with van der Waals surface area (Å²) in [6, 6.07) is 69.6. The molecule has 2 aromatic heterocycles. The van der Waals surface area contributed by atoms with Gasteiger partial charge in [-0.2, -0.15) is 10.2 Å². The molecule has 0 bridgehead atoms. The zero-order valence-electron chi connectivity index (χ0n) is 32.8. The second-order valence-electron chi connectivity index (χ2n) is 16.5. The smallest absolute Gasteiger partial charge is 0.129 e. The zero-order chi connectivity index (χ0) is 39.9. The van der Waals surface area contributed by atoms with E-state index in [1.165, 1.54) is 77.9 Å². The van der Waals surface area contributed by atoms with Crippen molar-refractivity contribution in [3.8, 4) is 67.6 Å². The molecule has 0 radical (unpaired) electrons. The van der Waals surface area contributed by atoms with E-state index in [1.54, 1.807) is 0 Å². The zero-order valence-corrected chi connectivity index (χ0v) is 32.8. The van der Waals surface area contributed by atoms with Crippen LogP contribution in [0.3, 0.4) is 0 Å². The summed E-state index contributed by atoms with van der Waals surface area (Å²) in [6.45, 7) is 0. The molecule has 0 aliphatic heterocycles. The van der Waals surface area contributed by atoms with Crippen molar-refractivity contribution in [1.82, 2.24) is 19.6 Å². The molecule has 10 aromatic rings. The van der Waals surface area contributed by atoms with Crippen LogP contribution in [-0.2, 0) is 10.8 Å². The summed E-state index contributed by atoms with van der Waals surface area (Å²) in [5, 5.41) is 10.3. The summed E-state index contributed by atoms with van der Waals surface area (Å²) in [7, 11) is 0. The van der Waals surface area contributed by atoms with Crippen LogP contribution in [0.15, 0.2) is 207 Å². The highest BCUT2D eigenvalue weighted by Gasteiger charge is 2.54. The van der Waals surface area contributed by atoms with Crippen molar-refractivity contribution >= 4 is 0 Å². The molecule has 0 unspecified atom stereocenters. The largest absolute Gasteiger partial charge is 0.457 e. The van der Waals surface area contributed by atoms with Gasteiger partial charge in [-0.3, -0.25) is 0 Å².